The second-order valence-corrected chi connectivity index (χ2v) is 3.68. The van der Waals surface area contributed by atoms with Crippen molar-refractivity contribution in [1.82, 2.24) is 4.68 Å². The van der Waals surface area contributed by atoms with Crippen molar-refractivity contribution in [2.75, 3.05) is 0 Å². The van der Waals surface area contributed by atoms with Crippen LogP contribution in [0.5, 0.6) is 0 Å². The number of aromatic nitrogens is 1. The molecule has 0 saturated carbocycles. The quantitative estimate of drug-likeness (QED) is 0.610. The van der Waals surface area contributed by atoms with Crippen LogP contribution in [0.2, 0.25) is 0 Å². The molecule has 1 aliphatic heterocycles. The number of hydrogen-bond acceptors (Lipinski definition) is 2. The van der Waals surface area contributed by atoms with Crippen molar-refractivity contribution in [3.8, 4) is 12.3 Å². The highest BCUT2D eigenvalue weighted by molar-refractivity contribution is 6.07. The molecule has 0 fully saturated rings. The van der Waals surface area contributed by atoms with E-state index in [1.165, 1.54) is 0 Å². The van der Waals surface area contributed by atoms with Gasteiger partial charge in [-0.25, -0.2) is 4.68 Å². The van der Waals surface area contributed by atoms with E-state index in [2.05, 4.69) is 11.0 Å². The Balaban J connectivity index is 2.37. The predicted octanol–water partition coefficient (Wildman–Crippen LogP) is 2.04. The lowest BCUT2D eigenvalue weighted by Crippen LogP contribution is -2.11. The lowest BCUT2D eigenvalue weighted by Gasteiger charge is -2.06. The number of carbonyl (C=O) groups is 1. The normalized spacial score (nSPS) is 13.8. The van der Waals surface area contributed by atoms with E-state index in [4.69, 9.17) is 6.42 Å². The summed E-state index contributed by atoms with van der Waals surface area (Å²) >= 11 is 0. The van der Waals surface area contributed by atoms with E-state index in [1.807, 2.05) is 24.3 Å². The van der Waals surface area contributed by atoms with Crippen LogP contribution in [0.4, 0.5) is 0 Å². The first-order valence-electron chi connectivity index (χ1n) is 4.98. The lowest BCUT2D eigenvalue weighted by atomic mass is 10.1. The highest BCUT2D eigenvalue weighted by atomic mass is 16.1. The van der Waals surface area contributed by atoms with Crippen molar-refractivity contribution in [2.45, 2.75) is 6.42 Å². The maximum atomic E-state index is 11.7. The van der Waals surface area contributed by atoms with Crippen molar-refractivity contribution in [2.24, 2.45) is 5.10 Å². The van der Waals surface area contributed by atoms with Gasteiger partial charge in [-0.3, -0.25) is 4.79 Å². The van der Waals surface area contributed by atoms with Crippen LogP contribution in [-0.2, 0) is 0 Å². The zero-order valence-electron chi connectivity index (χ0n) is 8.47. The minimum atomic E-state index is 0.0912. The van der Waals surface area contributed by atoms with E-state index in [0.29, 0.717) is 12.1 Å². The molecule has 1 aromatic carbocycles. The Morgan fingerprint density at radius 3 is 3.06 bits per heavy atom. The number of nitrogens with zero attached hydrogens (tertiary/aromatic N) is 2. The third-order valence-corrected chi connectivity index (χ3v) is 2.70. The lowest BCUT2D eigenvalue weighted by molar-refractivity contribution is 0.0990. The summed E-state index contributed by atoms with van der Waals surface area (Å²) in [5, 5.41) is 5.16. The van der Waals surface area contributed by atoms with E-state index in [1.54, 1.807) is 10.9 Å². The predicted molar refractivity (Wildman–Crippen MR) is 62.7 cm³/mol. The molecule has 0 bridgehead atoms. The molecule has 3 heteroatoms. The van der Waals surface area contributed by atoms with Gasteiger partial charge in [-0.15, -0.1) is 6.42 Å². The maximum Gasteiger partial charge on any atom is 0.186 e. The Kier molecular flexibility index (Phi) is 1.72. The molecule has 1 aliphatic rings. The summed E-state index contributed by atoms with van der Waals surface area (Å²) in [4.78, 5) is 11.7. The number of Topliss-reactive ketones (excluding diaryl/α,β-unsaturated/α-hetero) is 1. The van der Waals surface area contributed by atoms with Crippen LogP contribution in [0, 0.1) is 12.3 Å². The Labute approximate surface area is 92.4 Å². The number of hydrogen-bond donors (Lipinski definition) is 0. The molecule has 2 heterocycles. The van der Waals surface area contributed by atoms with E-state index < -0.39 is 0 Å². The minimum absolute atomic E-state index is 0.0912. The van der Waals surface area contributed by atoms with Gasteiger partial charge in [0.15, 0.2) is 5.78 Å². The minimum Gasteiger partial charge on any atom is -0.292 e. The highest BCUT2D eigenvalue weighted by Crippen LogP contribution is 2.23. The molecule has 0 aliphatic carbocycles. The number of ketones is 1. The van der Waals surface area contributed by atoms with E-state index in [0.717, 1.165) is 16.5 Å². The van der Waals surface area contributed by atoms with Gasteiger partial charge in [-0.05, 0) is 24.3 Å². The van der Waals surface area contributed by atoms with Gasteiger partial charge in [-0.2, -0.15) is 5.10 Å². The molecule has 0 unspecified atom stereocenters. The van der Waals surface area contributed by atoms with Crippen molar-refractivity contribution < 1.29 is 4.79 Å². The van der Waals surface area contributed by atoms with Crippen LogP contribution in [-0.4, -0.2) is 16.7 Å². The maximum absolute atomic E-state index is 11.7. The summed E-state index contributed by atoms with van der Waals surface area (Å²) in [6.07, 6.45) is 7.34. The van der Waals surface area contributed by atoms with Crippen molar-refractivity contribution >= 4 is 22.9 Å². The smallest absolute Gasteiger partial charge is 0.186 e. The molecular weight excluding hydrogens is 200 g/mol. The van der Waals surface area contributed by atoms with Gasteiger partial charge in [0.25, 0.3) is 0 Å². The third-order valence-electron chi connectivity index (χ3n) is 2.70. The molecule has 2 aromatic rings. The fraction of sp³-hybridized carbons (Fsp3) is 0.0769. The summed E-state index contributed by atoms with van der Waals surface area (Å²) in [5.41, 5.74) is 2.36. The summed E-state index contributed by atoms with van der Waals surface area (Å²) in [6, 6.07) is 7.48. The highest BCUT2D eigenvalue weighted by Gasteiger charge is 2.17. The summed E-state index contributed by atoms with van der Waals surface area (Å²) < 4.78 is 1.67. The van der Waals surface area contributed by atoms with Gasteiger partial charge in [0, 0.05) is 23.6 Å². The first-order valence-corrected chi connectivity index (χ1v) is 4.98. The van der Waals surface area contributed by atoms with Gasteiger partial charge in [0.1, 0.15) is 5.69 Å². The number of terminal acetylenes is 1. The summed E-state index contributed by atoms with van der Waals surface area (Å²) in [7, 11) is 0. The molecule has 0 spiro atoms. The Morgan fingerprint density at radius 2 is 2.25 bits per heavy atom. The molecule has 16 heavy (non-hydrogen) atoms. The molecule has 0 atom stereocenters. The monoisotopic (exact) mass is 208 g/mol. The van der Waals surface area contributed by atoms with E-state index in [-0.39, 0.29) is 5.78 Å². The van der Waals surface area contributed by atoms with Gasteiger partial charge < -0.3 is 0 Å². The van der Waals surface area contributed by atoms with Crippen LogP contribution in [0.25, 0.3) is 10.9 Å². The first kappa shape index (κ1) is 8.93. The Hall–Kier alpha value is -2.34. The molecule has 3 rings (SSSR count). The molecule has 3 nitrogen and oxygen atoms in total. The van der Waals surface area contributed by atoms with Crippen molar-refractivity contribution in [3.63, 3.8) is 0 Å². The fourth-order valence-corrected chi connectivity index (χ4v) is 1.92. The summed E-state index contributed by atoms with van der Waals surface area (Å²) in [5.74, 6) is 2.67. The largest absolute Gasteiger partial charge is 0.292 e. The standard InChI is InChI=1S/C13H8N2O/c1-2-9-3-4-11-10(7-9)8-12-13(16)5-6-14-15(11)12/h1,3-4,6-8H,5H2. The van der Waals surface area contributed by atoms with Crippen LogP contribution in [0.15, 0.2) is 29.4 Å². The molecule has 0 amide bonds. The Morgan fingerprint density at radius 1 is 1.38 bits per heavy atom. The molecule has 0 saturated heterocycles. The average Bonchev–Trinajstić information content (AvgIpc) is 2.68. The second-order valence-electron chi connectivity index (χ2n) is 3.68. The zero-order chi connectivity index (χ0) is 11.1. The van der Waals surface area contributed by atoms with Gasteiger partial charge in [0.05, 0.1) is 5.52 Å². The van der Waals surface area contributed by atoms with E-state index >= 15 is 0 Å². The van der Waals surface area contributed by atoms with Crippen LogP contribution in [0.3, 0.4) is 0 Å². The topological polar surface area (TPSA) is 34.4 Å². The average molecular weight is 208 g/mol. The number of benzene rings is 1. The summed E-state index contributed by atoms with van der Waals surface area (Å²) in [6.45, 7) is 0. The SMILES string of the molecule is C#Cc1ccc2c(c1)cc1n2N=CCC1=O. The van der Waals surface area contributed by atoms with Crippen LogP contribution in [0.1, 0.15) is 22.5 Å². The molecule has 76 valence electrons. The molecule has 0 N–H and O–H groups in total. The van der Waals surface area contributed by atoms with Gasteiger partial charge >= 0.3 is 0 Å². The number of rotatable bonds is 0. The van der Waals surface area contributed by atoms with Crippen LogP contribution >= 0.6 is 0 Å². The van der Waals surface area contributed by atoms with E-state index in [9.17, 15) is 4.79 Å². The number of fused-ring (bicyclic) bond motifs is 3. The van der Waals surface area contributed by atoms with Gasteiger partial charge in [-0.1, -0.05) is 5.92 Å². The van der Waals surface area contributed by atoms with Gasteiger partial charge in [0.2, 0.25) is 0 Å². The van der Waals surface area contributed by atoms with Crippen molar-refractivity contribution in [3.05, 3.63) is 35.5 Å². The molecular formula is C13H8N2O. The second kappa shape index (κ2) is 3.07. The number of carbonyl (C=O) groups excluding carboxylic acids is 1. The zero-order valence-corrected chi connectivity index (χ0v) is 8.47. The molecule has 1 aromatic heterocycles. The fourth-order valence-electron chi connectivity index (χ4n) is 1.92. The van der Waals surface area contributed by atoms with Crippen molar-refractivity contribution in [1.29, 1.82) is 0 Å². The van der Waals surface area contributed by atoms with Crippen LogP contribution < -0.4 is 0 Å². The molecule has 0 radical (unpaired) electrons. The first-order chi connectivity index (χ1) is 7.79. The Bertz CT molecular complexity index is 671. The third kappa shape index (κ3) is 1.10.